The molecule has 0 atom stereocenters. The maximum atomic E-state index is 13.0. The second-order valence-corrected chi connectivity index (χ2v) is 9.22. The van der Waals surface area contributed by atoms with Crippen LogP contribution in [-0.4, -0.2) is 42.2 Å². The van der Waals surface area contributed by atoms with Crippen molar-refractivity contribution in [2.75, 3.05) is 25.6 Å². The molecule has 1 fully saturated rings. The number of carbonyl (C=O) groups excluding carboxylic acids is 3. The molecule has 3 amide bonds. The first-order valence-corrected chi connectivity index (χ1v) is 12.1. The van der Waals surface area contributed by atoms with Crippen LogP contribution in [0.4, 0.5) is 10.5 Å². The molecular formula is C27H30N2O5S. The van der Waals surface area contributed by atoms with Crippen molar-refractivity contribution >= 4 is 40.6 Å². The maximum absolute atomic E-state index is 13.0. The van der Waals surface area contributed by atoms with Crippen molar-refractivity contribution in [2.45, 2.75) is 34.1 Å². The monoisotopic (exact) mass is 494 g/mol. The summed E-state index contributed by atoms with van der Waals surface area (Å²) < 4.78 is 11.2. The van der Waals surface area contributed by atoms with E-state index in [1.165, 1.54) is 0 Å². The highest BCUT2D eigenvalue weighted by Crippen LogP contribution is 2.37. The van der Waals surface area contributed by atoms with E-state index in [2.05, 4.69) is 11.9 Å². The van der Waals surface area contributed by atoms with Gasteiger partial charge in [0.15, 0.2) is 11.5 Å². The average molecular weight is 495 g/mol. The highest BCUT2D eigenvalue weighted by molar-refractivity contribution is 8.18. The van der Waals surface area contributed by atoms with Crippen LogP contribution in [-0.2, 0) is 16.0 Å². The third-order valence-corrected chi connectivity index (χ3v) is 6.34. The number of aryl methyl sites for hydroxylation is 3. The van der Waals surface area contributed by atoms with Crippen LogP contribution >= 0.6 is 11.8 Å². The molecule has 1 saturated heterocycles. The lowest BCUT2D eigenvalue weighted by Gasteiger charge is -2.16. The third kappa shape index (κ3) is 5.95. The molecule has 1 N–H and O–H groups in total. The maximum Gasteiger partial charge on any atom is 0.294 e. The van der Waals surface area contributed by atoms with Crippen molar-refractivity contribution in [2.24, 2.45) is 0 Å². The number of benzene rings is 2. The van der Waals surface area contributed by atoms with E-state index < -0.39 is 17.1 Å². The zero-order valence-electron chi connectivity index (χ0n) is 20.7. The molecule has 184 valence electrons. The van der Waals surface area contributed by atoms with Crippen molar-refractivity contribution in [3.8, 4) is 11.5 Å². The van der Waals surface area contributed by atoms with Gasteiger partial charge in [0.2, 0.25) is 5.91 Å². The number of amides is 3. The lowest BCUT2D eigenvalue weighted by molar-refractivity contribution is -0.127. The van der Waals surface area contributed by atoms with Gasteiger partial charge in [0.05, 0.1) is 18.6 Å². The fourth-order valence-electron chi connectivity index (χ4n) is 4.06. The fourth-order valence-corrected chi connectivity index (χ4v) is 4.89. The number of imide groups is 1. The minimum Gasteiger partial charge on any atom is -0.493 e. The fraction of sp³-hybridized carbons (Fsp3) is 0.296. The van der Waals surface area contributed by atoms with Gasteiger partial charge in [0.25, 0.3) is 11.1 Å². The molecule has 35 heavy (non-hydrogen) atoms. The lowest BCUT2D eigenvalue weighted by Crippen LogP contribution is -2.36. The number of methoxy groups -OCH3 is 1. The molecule has 8 heteroatoms. The normalized spacial score (nSPS) is 14.4. The van der Waals surface area contributed by atoms with Gasteiger partial charge in [0, 0.05) is 11.3 Å². The first-order chi connectivity index (χ1) is 16.7. The number of rotatable bonds is 9. The first kappa shape index (κ1) is 26.1. The average Bonchev–Trinajstić information content (AvgIpc) is 3.04. The SMILES string of the molecule is C=CCc1cc(/C=C2/SC(=O)N(CC(=O)Nc3c(C)cc(C)cc3C)C2=O)cc(OCC)c1OC. The largest absolute Gasteiger partial charge is 0.493 e. The highest BCUT2D eigenvalue weighted by atomic mass is 32.2. The molecule has 0 bridgehead atoms. The summed E-state index contributed by atoms with van der Waals surface area (Å²) in [5, 5.41) is 2.35. The van der Waals surface area contributed by atoms with Crippen LogP contribution in [0.5, 0.6) is 11.5 Å². The molecule has 7 nitrogen and oxygen atoms in total. The van der Waals surface area contributed by atoms with Crippen LogP contribution in [0.25, 0.3) is 6.08 Å². The van der Waals surface area contributed by atoms with Crippen LogP contribution in [0, 0.1) is 20.8 Å². The van der Waals surface area contributed by atoms with Gasteiger partial charge < -0.3 is 14.8 Å². The third-order valence-electron chi connectivity index (χ3n) is 5.44. The predicted octanol–water partition coefficient (Wildman–Crippen LogP) is 5.42. The molecule has 3 rings (SSSR count). The second-order valence-electron chi connectivity index (χ2n) is 8.23. The summed E-state index contributed by atoms with van der Waals surface area (Å²) in [6, 6.07) is 7.57. The van der Waals surface area contributed by atoms with E-state index in [4.69, 9.17) is 9.47 Å². The van der Waals surface area contributed by atoms with Gasteiger partial charge in [-0.25, -0.2) is 0 Å². The Hall–Kier alpha value is -3.52. The van der Waals surface area contributed by atoms with Gasteiger partial charge in [-0.2, -0.15) is 0 Å². The molecule has 1 aliphatic rings. The zero-order chi connectivity index (χ0) is 25.7. The molecule has 1 aliphatic heterocycles. The number of nitrogens with one attached hydrogen (secondary N) is 1. The van der Waals surface area contributed by atoms with E-state index in [1.54, 1.807) is 25.3 Å². The summed E-state index contributed by atoms with van der Waals surface area (Å²) in [5.74, 6) is 0.213. The van der Waals surface area contributed by atoms with Gasteiger partial charge in [-0.1, -0.05) is 23.8 Å². The summed E-state index contributed by atoms with van der Waals surface area (Å²) in [5.41, 5.74) is 5.17. The first-order valence-electron chi connectivity index (χ1n) is 11.3. The smallest absolute Gasteiger partial charge is 0.294 e. The molecule has 0 saturated carbocycles. The minimum absolute atomic E-state index is 0.239. The molecule has 0 spiro atoms. The Kier molecular flexibility index (Phi) is 8.40. The molecule has 0 radical (unpaired) electrons. The van der Waals surface area contributed by atoms with E-state index in [9.17, 15) is 14.4 Å². The van der Waals surface area contributed by atoms with Gasteiger partial charge in [-0.15, -0.1) is 6.58 Å². The summed E-state index contributed by atoms with van der Waals surface area (Å²) in [4.78, 5) is 39.5. The summed E-state index contributed by atoms with van der Waals surface area (Å²) >= 11 is 0.808. The van der Waals surface area contributed by atoms with E-state index in [0.717, 1.165) is 38.9 Å². The Labute approximate surface area is 210 Å². The van der Waals surface area contributed by atoms with Crippen molar-refractivity contribution in [3.05, 3.63) is 69.6 Å². The number of hydrogen-bond donors (Lipinski definition) is 1. The quantitative estimate of drug-likeness (QED) is 0.370. The number of allylic oxidation sites excluding steroid dienone is 1. The number of anilines is 1. The van der Waals surface area contributed by atoms with Gasteiger partial charge in [-0.05, 0) is 80.8 Å². The Morgan fingerprint density at radius 3 is 2.43 bits per heavy atom. The predicted molar refractivity (Wildman–Crippen MR) is 140 cm³/mol. The molecule has 0 unspecified atom stereocenters. The van der Waals surface area contributed by atoms with Crippen LogP contribution in [0.15, 0.2) is 41.8 Å². The van der Waals surface area contributed by atoms with Gasteiger partial charge in [0.1, 0.15) is 6.54 Å². The van der Waals surface area contributed by atoms with Crippen LogP contribution in [0.2, 0.25) is 0 Å². The lowest BCUT2D eigenvalue weighted by atomic mass is 10.0. The van der Waals surface area contributed by atoms with Crippen molar-refractivity contribution < 1.29 is 23.9 Å². The Balaban J connectivity index is 1.82. The summed E-state index contributed by atoms with van der Waals surface area (Å²) in [6.45, 7) is 11.5. The van der Waals surface area contributed by atoms with Crippen LogP contribution in [0.3, 0.4) is 0 Å². The van der Waals surface area contributed by atoms with Crippen molar-refractivity contribution in [3.63, 3.8) is 0 Å². The summed E-state index contributed by atoms with van der Waals surface area (Å²) in [7, 11) is 1.57. The van der Waals surface area contributed by atoms with Gasteiger partial charge >= 0.3 is 0 Å². The topological polar surface area (TPSA) is 84.9 Å². The number of carbonyl (C=O) groups is 3. The molecular weight excluding hydrogens is 464 g/mol. The van der Waals surface area contributed by atoms with Crippen LogP contribution in [0.1, 0.15) is 34.7 Å². The van der Waals surface area contributed by atoms with E-state index in [0.29, 0.717) is 35.8 Å². The Morgan fingerprint density at radius 1 is 1.14 bits per heavy atom. The molecule has 2 aromatic rings. The number of thioether (sulfide) groups is 1. The second kappa shape index (κ2) is 11.3. The van der Waals surface area contributed by atoms with E-state index >= 15 is 0 Å². The molecule has 1 heterocycles. The van der Waals surface area contributed by atoms with Crippen LogP contribution < -0.4 is 14.8 Å². The zero-order valence-corrected chi connectivity index (χ0v) is 21.5. The Bertz CT molecular complexity index is 1200. The van der Waals surface area contributed by atoms with Crippen molar-refractivity contribution in [1.82, 2.24) is 4.90 Å². The number of ether oxygens (including phenoxy) is 2. The van der Waals surface area contributed by atoms with E-state index in [1.807, 2.05) is 45.9 Å². The number of hydrogen-bond acceptors (Lipinski definition) is 6. The standard InChI is InChI=1S/C27H30N2O5S/c1-7-9-20-12-19(13-21(34-8-2)25(20)33-6)14-22-26(31)29(27(32)35-22)15-23(30)28-24-17(4)10-16(3)11-18(24)5/h7,10-14H,1,8-9,15H2,2-6H3,(H,28,30)/b22-14+. The van der Waals surface area contributed by atoms with Gasteiger partial charge in [-0.3, -0.25) is 19.3 Å². The van der Waals surface area contributed by atoms with E-state index in [-0.39, 0.29) is 11.4 Å². The molecule has 0 aliphatic carbocycles. The minimum atomic E-state index is -0.508. The Morgan fingerprint density at radius 2 is 1.83 bits per heavy atom. The number of nitrogens with zero attached hydrogens (tertiary/aromatic N) is 1. The molecule has 2 aromatic carbocycles. The summed E-state index contributed by atoms with van der Waals surface area (Å²) in [6.07, 6.45) is 3.93. The van der Waals surface area contributed by atoms with Crippen molar-refractivity contribution in [1.29, 1.82) is 0 Å². The highest BCUT2D eigenvalue weighted by Gasteiger charge is 2.36. The molecule has 0 aromatic heterocycles.